The average molecular weight is 168 g/mol. The number of hydrogen-bond acceptors (Lipinski definition) is 4. The van der Waals surface area contributed by atoms with Crippen LogP contribution >= 0.6 is 0 Å². The summed E-state index contributed by atoms with van der Waals surface area (Å²) in [6.45, 7) is 0. The summed E-state index contributed by atoms with van der Waals surface area (Å²) in [4.78, 5) is 10.1. The molecule has 5 nitrogen and oxygen atoms in total. The predicted octanol–water partition coefficient (Wildman–Crippen LogP) is 1.61. The highest BCUT2D eigenvalue weighted by molar-refractivity contribution is 5.74. The van der Waals surface area contributed by atoms with Crippen LogP contribution in [-0.4, -0.2) is 17.3 Å². The van der Waals surface area contributed by atoms with Gasteiger partial charge in [0.05, 0.1) is 5.11 Å². The van der Waals surface area contributed by atoms with E-state index >= 15 is 0 Å². The third kappa shape index (κ3) is 3.14. The molecule has 1 heterocycles. The molecule has 1 aliphatic heterocycles. The van der Waals surface area contributed by atoms with Crippen LogP contribution in [0.2, 0.25) is 0 Å². The van der Waals surface area contributed by atoms with Crippen LogP contribution in [-0.2, 0) is 4.79 Å². The van der Waals surface area contributed by atoms with Crippen LogP contribution in [0.4, 0.5) is 0 Å². The van der Waals surface area contributed by atoms with Crippen molar-refractivity contribution in [1.82, 2.24) is 0 Å². The molecule has 1 aliphatic rings. The zero-order chi connectivity index (χ0) is 8.81. The molecule has 0 bridgehead atoms. The van der Waals surface area contributed by atoms with E-state index in [0.29, 0.717) is 6.42 Å². The van der Waals surface area contributed by atoms with Crippen molar-refractivity contribution in [3.05, 3.63) is 6.04 Å². The first-order valence-electron chi connectivity index (χ1n) is 3.81. The first kappa shape index (κ1) is 8.70. The topological polar surface area (TPSA) is 74.4 Å². The van der Waals surface area contributed by atoms with Gasteiger partial charge in [-0.05, 0) is 12.8 Å². The van der Waals surface area contributed by atoms with Gasteiger partial charge in [0.2, 0.25) is 6.21 Å². The molecule has 0 fully saturated rings. The summed E-state index contributed by atoms with van der Waals surface area (Å²) in [6, 6.07) is 0.834. The van der Waals surface area contributed by atoms with Crippen molar-refractivity contribution < 1.29 is 9.90 Å². The highest BCUT2D eigenvalue weighted by Crippen LogP contribution is 2.15. The Morgan fingerprint density at radius 3 is 2.92 bits per heavy atom. The first-order chi connectivity index (χ1) is 5.79. The number of carbonyl (C=O) groups is 1. The molecule has 0 aromatic heterocycles. The third-order valence-electron chi connectivity index (χ3n) is 1.51. The monoisotopic (exact) mass is 168 g/mol. The van der Waals surface area contributed by atoms with E-state index in [1.165, 1.54) is 0 Å². The van der Waals surface area contributed by atoms with Crippen molar-refractivity contribution >= 4 is 12.2 Å². The van der Waals surface area contributed by atoms with Crippen molar-refractivity contribution in [3.63, 3.8) is 0 Å². The van der Waals surface area contributed by atoms with Gasteiger partial charge < -0.3 is 5.11 Å². The van der Waals surface area contributed by atoms with Crippen molar-refractivity contribution in [2.45, 2.75) is 25.7 Å². The van der Waals surface area contributed by atoms with Crippen LogP contribution in [0.3, 0.4) is 0 Å². The number of aliphatic carboxylic acids is 1. The molecule has 1 rings (SSSR count). The fourth-order valence-corrected chi connectivity index (χ4v) is 0.898. The SMILES string of the molecule is O=C(O)CCCC[C+]1C=NN=N1. The van der Waals surface area contributed by atoms with Crippen LogP contribution in [0.25, 0.3) is 0 Å². The minimum absolute atomic E-state index is 0.224. The number of carboxylic acid groups (broad SMARTS) is 1. The Morgan fingerprint density at radius 2 is 2.33 bits per heavy atom. The number of carboxylic acids is 1. The van der Waals surface area contributed by atoms with E-state index in [-0.39, 0.29) is 6.42 Å². The molecule has 0 aliphatic carbocycles. The summed E-state index contributed by atoms with van der Waals surface area (Å²) in [5.74, 6) is -0.748. The number of rotatable bonds is 5. The summed E-state index contributed by atoms with van der Waals surface area (Å²) >= 11 is 0. The Kier molecular flexibility index (Phi) is 3.25. The van der Waals surface area contributed by atoms with E-state index in [0.717, 1.165) is 18.9 Å². The highest BCUT2D eigenvalue weighted by Gasteiger charge is 2.21. The first-order valence-corrected chi connectivity index (χ1v) is 3.81. The lowest BCUT2D eigenvalue weighted by molar-refractivity contribution is -0.137. The number of unbranched alkanes of at least 4 members (excludes halogenated alkanes) is 1. The second-order valence-electron chi connectivity index (χ2n) is 2.53. The van der Waals surface area contributed by atoms with Gasteiger partial charge in [-0.2, -0.15) is 0 Å². The van der Waals surface area contributed by atoms with Gasteiger partial charge in [-0.3, -0.25) is 4.79 Å². The second-order valence-corrected chi connectivity index (χ2v) is 2.53. The van der Waals surface area contributed by atoms with Crippen molar-refractivity contribution in [3.8, 4) is 0 Å². The number of hydrogen-bond donors (Lipinski definition) is 1. The van der Waals surface area contributed by atoms with E-state index in [9.17, 15) is 4.79 Å². The predicted molar refractivity (Wildman–Crippen MR) is 42.7 cm³/mol. The van der Waals surface area contributed by atoms with Gasteiger partial charge in [-0.25, -0.2) is 0 Å². The van der Waals surface area contributed by atoms with Gasteiger partial charge in [0.1, 0.15) is 6.42 Å². The van der Waals surface area contributed by atoms with Crippen molar-refractivity contribution in [2.75, 3.05) is 0 Å². The summed E-state index contributed by atoms with van der Waals surface area (Å²) in [7, 11) is 0. The zero-order valence-corrected chi connectivity index (χ0v) is 6.60. The Hall–Kier alpha value is -1.39. The largest absolute Gasteiger partial charge is 0.481 e. The summed E-state index contributed by atoms with van der Waals surface area (Å²) in [6.07, 6.45) is 4.09. The summed E-state index contributed by atoms with van der Waals surface area (Å²) < 4.78 is 0. The van der Waals surface area contributed by atoms with Crippen molar-refractivity contribution in [2.24, 2.45) is 15.4 Å². The molecule has 0 aromatic carbocycles. The normalized spacial score (nSPS) is 14.2. The summed E-state index contributed by atoms with van der Waals surface area (Å²) in [5.41, 5.74) is 0. The lowest BCUT2D eigenvalue weighted by atomic mass is 10.1. The average Bonchev–Trinajstić information content (AvgIpc) is 2.49. The molecular weight excluding hydrogens is 158 g/mol. The standard InChI is InChI=1S/C7H9N3O2/c11-7(12)4-2-1-3-6-5-8-10-9-6/h5H,1-4H2/p+1. The molecule has 0 radical (unpaired) electrons. The maximum atomic E-state index is 10.1. The molecule has 64 valence electrons. The number of nitrogens with zero attached hydrogens (tertiary/aromatic N) is 3. The molecule has 0 saturated heterocycles. The third-order valence-corrected chi connectivity index (χ3v) is 1.51. The lowest BCUT2D eigenvalue weighted by Gasteiger charge is -1.90. The minimum Gasteiger partial charge on any atom is -0.481 e. The van der Waals surface area contributed by atoms with Gasteiger partial charge in [0.25, 0.3) is 6.04 Å². The molecular formula is C7H10N3O2+. The minimum atomic E-state index is -0.748. The maximum Gasteiger partial charge on any atom is 0.303 e. The molecule has 1 N–H and O–H groups in total. The fraction of sp³-hybridized carbons (Fsp3) is 0.571. The highest BCUT2D eigenvalue weighted by atomic mass is 16.4. The van der Waals surface area contributed by atoms with Crippen molar-refractivity contribution in [1.29, 1.82) is 0 Å². The molecule has 12 heavy (non-hydrogen) atoms. The Morgan fingerprint density at radius 1 is 1.50 bits per heavy atom. The van der Waals surface area contributed by atoms with Crippen LogP contribution in [0, 0.1) is 6.04 Å². The Bertz CT molecular complexity index is 201. The summed E-state index contributed by atoms with van der Waals surface area (Å²) in [5, 5.41) is 19.0. The molecule has 0 aromatic rings. The quantitative estimate of drug-likeness (QED) is 0.500. The second kappa shape index (κ2) is 4.48. The molecule has 0 amide bonds. The molecule has 0 atom stereocenters. The smallest absolute Gasteiger partial charge is 0.303 e. The van der Waals surface area contributed by atoms with Gasteiger partial charge in [-0.1, -0.05) is 5.10 Å². The van der Waals surface area contributed by atoms with Gasteiger partial charge >= 0.3 is 5.97 Å². The van der Waals surface area contributed by atoms with Crippen LogP contribution in [0.15, 0.2) is 15.4 Å². The van der Waals surface area contributed by atoms with E-state index in [4.69, 9.17) is 5.11 Å². The van der Waals surface area contributed by atoms with E-state index < -0.39 is 5.97 Å². The molecule has 0 unspecified atom stereocenters. The fourth-order valence-electron chi connectivity index (χ4n) is 0.898. The van der Waals surface area contributed by atoms with E-state index in [2.05, 4.69) is 15.4 Å². The van der Waals surface area contributed by atoms with E-state index in [1.54, 1.807) is 6.21 Å². The van der Waals surface area contributed by atoms with Gasteiger partial charge in [0, 0.05) is 11.6 Å². The van der Waals surface area contributed by atoms with Gasteiger partial charge in [0.15, 0.2) is 0 Å². The Labute approximate surface area is 70.2 Å². The van der Waals surface area contributed by atoms with Crippen LogP contribution in [0.1, 0.15) is 25.7 Å². The zero-order valence-electron chi connectivity index (χ0n) is 6.60. The maximum absolute atomic E-state index is 10.1. The molecule has 0 saturated carbocycles. The van der Waals surface area contributed by atoms with Crippen LogP contribution < -0.4 is 0 Å². The molecule has 0 spiro atoms. The lowest BCUT2D eigenvalue weighted by Crippen LogP contribution is -1.96. The van der Waals surface area contributed by atoms with E-state index in [1.807, 2.05) is 0 Å². The van der Waals surface area contributed by atoms with Gasteiger partial charge in [-0.15, -0.1) is 0 Å². The van der Waals surface area contributed by atoms with Crippen LogP contribution in [0.5, 0.6) is 0 Å². The molecule has 5 heteroatoms. The Balaban J connectivity index is 1.99.